The quantitative estimate of drug-likeness (QED) is 0.795. The van der Waals surface area contributed by atoms with Crippen molar-refractivity contribution < 1.29 is 13.2 Å². The zero-order valence-electron chi connectivity index (χ0n) is 11.4. The van der Waals surface area contributed by atoms with Crippen LogP contribution in [-0.2, 0) is 0 Å². The number of alkyl halides is 3. The predicted octanol–water partition coefficient (Wildman–Crippen LogP) is 3.04. The van der Waals surface area contributed by atoms with Gasteiger partial charge in [0.05, 0.1) is 6.54 Å². The van der Waals surface area contributed by atoms with E-state index in [-0.39, 0.29) is 0 Å². The Labute approximate surface area is 108 Å². The van der Waals surface area contributed by atoms with Crippen LogP contribution in [0.4, 0.5) is 13.2 Å². The maximum atomic E-state index is 12.3. The maximum Gasteiger partial charge on any atom is 0.401 e. The van der Waals surface area contributed by atoms with Crippen LogP contribution in [0.25, 0.3) is 0 Å². The van der Waals surface area contributed by atoms with Crippen LogP contribution in [0.2, 0.25) is 0 Å². The van der Waals surface area contributed by atoms with Gasteiger partial charge in [-0.25, -0.2) is 0 Å². The molecule has 1 fully saturated rings. The normalized spacial score (nSPS) is 25.7. The number of rotatable bonds is 6. The van der Waals surface area contributed by atoms with E-state index < -0.39 is 12.7 Å². The van der Waals surface area contributed by atoms with E-state index in [1.165, 1.54) is 17.7 Å². The summed E-state index contributed by atoms with van der Waals surface area (Å²) in [5.74, 6) is 0.806. The fourth-order valence-corrected chi connectivity index (χ4v) is 2.49. The second kappa shape index (κ2) is 7.34. The lowest BCUT2D eigenvalue weighted by molar-refractivity contribution is -0.145. The van der Waals surface area contributed by atoms with Gasteiger partial charge < -0.3 is 5.32 Å². The molecule has 0 amide bonds. The van der Waals surface area contributed by atoms with Crippen molar-refractivity contribution >= 4 is 0 Å². The average molecular weight is 266 g/mol. The minimum atomic E-state index is -4.09. The molecule has 1 aliphatic rings. The zero-order valence-corrected chi connectivity index (χ0v) is 11.4. The summed E-state index contributed by atoms with van der Waals surface area (Å²) in [6, 6.07) is 0.505. The van der Waals surface area contributed by atoms with Crippen molar-refractivity contribution in [3.8, 4) is 0 Å². The molecule has 0 unspecified atom stereocenters. The zero-order chi connectivity index (χ0) is 13.6. The number of hydrogen-bond donors (Lipinski definition) is 1. The third-order valence-corrected chi connectivity index (χ3v) is 3.73. The highest BCUT2D eigenvalue weighted by atomic mass is 19.4. The Morgan fingerprint density at radius 1 is 1.17 bits per heavy atom. The van der Waals surface area contributed by atoms with E-state index in [0.717, 1.165) is 18.8 Å². The first-order valence-electron chi connectivity index (χ1n) is 6.93. The lowest BCUT2D eigenvalue weighted by Crippen LogP contribution is -2.41. The Morgan fingerprint density at radius 2 is 1.78 bits per heavy atom. The van der Waals surface area contributed by atoms with Gasteiger partial charge in [-0.1, -0.05) is 13.8 Å². The molecule has 0 aliphatic heterocycles. The minimum Gasteiger partial charge on any atom is -0.313 e. The highest BCUT2D eigenvalue weighted by molar-refractivity contribution is 4.75. The molecule has 0 atom stereocenters. The smallest absolute Gasteiger partial charge is 0.313 e. The van der Waals surface area contributed by atoms with Gasteiger partial charge in [0.25, 0.3) is 0 Å². The van der Waals surface area contributed by atoms with E-state index in [2.05, 4.69) is 12.2 Å². The van der Waals surface area contributed by atoms with E-state index in [1.807, 2.05) is 0 Å². The molecule has 108 valence electrons. The molecule has 0 radical (unpaired) electrons. The molecular formula is C13H25F3N2. The topological polar surface area (TPSA) is 15.3 Å². The maximum absolute atomic E-state index is 12.3. The van der Waals surface area contributed by atoms with Crippen LogP contribution in [0.5, 0.6) is 0 Å². The molecule has 0 spiro atoms. The van der Waals surface area contributed by atoms with Gasteiger partial charge in [0.15, 0.2) is 0 Å². The fourth-order valence-electron chi connectivity index (χ4n) is 2.49. The third-order valence-electron chi connectivity index (χ3n) is 3.73. The van der Waals surface area contributed by atoms with E-state index in [1.54, 1.807) is 6.92 Å². The van der Waals surface area contributed by atoms with Crippen LogP contribution in [0.3, 0.4) is 0 Å². The van der Waals surface area contributed by atoms with Gasteiger partial charge in [-0.3, -0.25) is 4.90 Å². The second-order valence-electron chi connectivity index (χ2n) is 5.39. The summed E-state index contributed by atoms with van der Waals surface area (Å²) in [6.07, 6.45) is 0.699. The van der Waals surface area contributed by atoms with Gasteiger partial charge in [0.2, 0.25) is 0 Å². The largest absolute Gasteiger partial charge is 0.401 e. The molecule has 1 N–H and O–H groups in total. The molecule has 0 saturated heterocycles. The molecule has 18 heavy (non-hydrogen) atoms. The third kappa shape index (κ3) is 6.59. The first-order valence-corrected chi connectivity index (χ1v) is 6.93. The number of nitrogens with zero attached hydrogens (tertiary/aromatic N) is 1. The number of nitrogens with one attached hydrogen (secondary N) is 1. The van der Waals surface area contributed by atoms with E-state index in [9.17, 15) is 13.2 Å². The van der Waals surface area contributed by atoms with Crippen molar-refractivity contribution in [3.63, 3.8) is 0 Å². The molecule has 1 saturated carbocycles. The Hall–Kier alpha value is -0.290. The lowest BCUT2D eigenvalue weighted by Gasteiger charge is -2.28. The average Bonchev–Trinajstić information content (AvgIpc) is 2.29. The van der Waals surface area contributed by atoms with Crippen LogP contribution in [-0.4, -0.2) is 43.3 Å². The number of likely N-dealkylation sites (N-methyl/N-ethyl adjacent to an activating group) is 1. The molecule has 1 rings (SSSR count). The van der Waals surface area contributed by atoms with Crippen molar-refractivity contribution in [2.24, 2.45) is 5.92 Å². The van der Waals surface area contributed by atoms with Gasteiger partial charge >= 0.3 is 6.18 Å². The summed E-state index contributed by atoms with van der Waals surface area (Å²) in [6.45, 7) is 4.81. The molecule has 5 heteroatoms. The highest BCUT2D eigenvalue weighted by Gasteiger charge is 2.29. The fraction of sp³-hybridized carbons (Fsp3) is 1.00. The monoisotopic (exact) mass is 266 g/mol. The van der Waals surface area contributed by atoms with Gasteiger partial charge in [0.1, 0.15) is 0 Å². The molecule has 0 aromatic rings. The van der Waals surface area contributed by atoms with E-state index >= 15 is 0 Å². The summed E-state index contributed by atoms with van der Waals surface area (Å²) in [5.41, 5.74) is 0. The molecular weight excluding hydrogens is 241 g/mol. The molecule has 1 aliphatic carbocycles. The second-order valence-corrected chi connectivity index (χ2v) is 5.39. The Bertz CT molecular complexity index is 223. The summed E-state index contributed by atoms with van der Waals surface area (Å²) in [5, 5.41) is 3.38. The Balaban J connectivity index is 2.15. The van der Waals surface area contributed by atoms with Crippen molar-refractivity contribution in [1.29, 1.82) is 0 Å². The summed E-state index contributed by atoms with van der Waals surface area (Å²) < 4.78 is 36.8. The van der Waals surface area contributed by atoms with Gasteiger partial charge in [0, 0.05) is 19.1 Å². The van der Waals surface area contributed by atoms with Crippen molar-refractivity contribution in [3.05, 3.63) is 0 Å². The Kier molecular flexibility index (Phi) is 6.43. The van der Waals surface area contributed by atoms with E-state index in [0.29, 0.717) is 25.7 Å². The van der Waals surface area contributed by atoms with Crippen molar-refractivity contribution in [2.45, 2.75) is 51.7 Å². The molecule has 0 heterocycles. The number of halogens is 3. The first kappa shape index (κ1) is 15.8. The van der Waals surface area contributed by atoms with Crippen LogP contribution in [0, 0.1) is 5.92 Å². The SMILES string of the molecule is CCN(CCNC1CCC(C)CC1)CC(F)(F)F. The molecule has 2 nitrogen and oxygen atoms in total. The summed E-state index contributed by atoms with van der Waals surface area (Å²) in [4.78, 5) is 1.44. The predicted molar refractivity (Wildman–Crippen MR) is 67.6 cm³/mol. The van der Waals surface area contributed by atoms with Crippen molar-refractivity contribution in [2.75, 3.05) is 26.2 Å². The number of hydrogen-bond acceptors (Lipinski definition) is 2. The summed E-state index contributed by atoms with van der Waals surface area (Å²) in [7, 11) is 0. The first-order chi connectivity index (χ1) is 8.40. The molecule has 0 bridgehead atoms. The van der Waals surface area contributed by atoms with E-state index in [4.69, 9.17) is 0 Å². The van der Waals surface area contributed by atoms with Gasteiger partial charge in [-0.05, 0) is 38.1 Å². The van der Waals surface area contributed by atoms with Crippen LogP contribution >= 0.6 is 0 Å². The minimum absolute atomic E-state index is 0.447. The van der Waals surface area contributed by atoms with Gasteiger partial charge in [-0.15, -0.1) is 0 Å². The Morgan fingerprint density at radius 3 is 2.28 bits per heavy atom. The van der Waals surface area contributed by atoms with Crippen molar-refractivity contribution in [1.82, 2.24) is 10.2 Å². The standard InChI is InChI=1S/C13H25F3N2/c1-3-18(10-13(14,15)16)9-8-17-12-6-4-11(2)5-7-12/h11-12,17H,3-10H2,1-2H3. The lowest BCUT2D eigenvalue weighted by atomic mass is 9.87. The molecule has 0 aromatic heterocycles. The van der Waals surface area contributed by atoms with Crippen LogP contribution in [0.15, 0.2) is 0 Å². The van der Waals surface area contributed by atoms with Crippen LogP contribution < -0.4 is 5.32 Å². The molecule has 0 aromatic carbocycles. The van der Waals surface area contributed by atoms with Crippen LogP contribution in [0.1, 0.15) is 39.5 Å². The van der Waals surface area contributed by atoms with Gasteiger partial charge in [-0.2, -0.15) is 13.2 Å². The summed E-state index contributed by atoms with van der Waals surface area (Å²) >= 11 is 0. The highest BCUT2D eigenvalue weighted by Crippen LogP contribution is 2.23.